The van der Waals surface area contributed by atoms with Crippen LogP contribution in [0.15, 0.2) is 18.2 Å². The second kappa shape index (κ2) is 4.98. The van der Waals surface area contributed by atoms with E-state index in [2.05, 4.69) is 0 Å². The number of carbonyl (C=O) groups is 1. The predicted octanol–water partition coefficient (Wildman–Crippen LogP) is 1.95. The molecule has 1 heterocycles. The Balaban J connectivity index is 2.17. The van der Waals surface area contributed by atoms with E-state index >= 15 is 0 Å². The third-order valence-electron chi connectivity index (χ3n) is 3.15. The van der Waals surface area contributed by atoms with Gasteiger partial charge in [-0.05, 0) is 44.5 Å². The normalized spacial score (nSPS) is 24.1. The molecule has 2 unspecified atom stereocenters. The van der Waals surface area contributed by atoms with Gasteiger partial charge in [-0.2, -0.15) is 0 Å². The number of hydrogen-bond donors (Lipinski definition) is 1. The van der Waals surface area contributed by atoms with Gasteiger partial charge in [0.25, 0.3) is 5.91 Å². The van der Waals surface area contributed by atoms with E-state index in [4.69, 9.17) is 4.74 Å². The first-order valence-electron chi connectivity index (χ1n) is 6.21. The minimum Gasteiger partial charge on any atom is -0.508 e. The fraction of sp³-hybridized carbons (Fsp3) is 0.500. The summed E-state index contributed by atoms with van der Waals surface area (Å²) in [5.41, 5.74) is 1.34. The summed E-state index contributed by atoms with van der Waals surface area (Å²) in [6.45, 7) is 6.96. The number of ether oxygens (including phenoxy) is 1. The Bertz CT molecular complexity index is 448. The van der Waals surface area contributed by atoms with Crippen molar-refractivity contribution in [3.05, 3.63) is 29.3 Å². The highest BCUT2D eigenvalue weighted by Crippen LogP contribution is 2.20. The molecule has 0 aliphatic carbocycles. The molecule has 98 valence electrons. The van der Waals surface area contributed by atoms with Crippen LogP contribution in [0.5, 0.6) is 5.75 Å². The summed E-state index contributed by atoms with van der Waals surface area (Å²) in [6, 6.07) is 4.95. The third kappa shape index (κ3) is 2.64. The molecule has 1 aromatic rings. The van der Waals surface area contributed by atoms with E-state index in [1.54, 1.807) is 25.1 Å². The average Bonchev–Trinajstić information content (AvgIpc) is 2.30. The van der Waals surface area contributed by atoms with Crippen molar-refractivity contribution in [1.82, 2.24) is 4.90 Å². The van der Waals surface area contributed by atoms with Crippen molar-refractivity contribution in [2.24, 2.45) is 0 Å². The molecular formula is C14H19NO3. The van der Waals surface area contributed by atoms with E-state index in [-0.39, 0.29) is 23.9 Å². The van der Waals surface area contributed by atoms with Crippen molar-refractivity contribution in [1.29, 1.82) is 0 Å². The van der Waals surface area contributed by atoms with Gasteiger partial charge in [0.15, 0.2) is 0 Å². The Morgan fingerprint density at radius 3 is 2.50 bits per heavy atom. The maximum Gasteiger partial charge on any atom is 0.254 e. The van der Waals surface area contributed by atoms with Crippen LogP contribution in [0, 0.1) is 6.92 Å². The molecule has 2 atom stereocenters. The highest BCUT2D eigenvalue weighted by Gasteiger charge is 2.26. The van der Waals surface area contributed by atoms with Crippen LogP contribution >= 0.6 is 0 Å². The van der Waals surface area contributed by atoms with E-state index in [9.17, 15) is 9.90 Å². The van der Waals surface area contributed by atoms with Crippen LogP contribution in [0.2, 0.25) is 0 Å². The maximum absolute atomic E-state index is 12.3. The van der Waals surface area contributed by atoms with Gasteiger partial charge in [0.1, 0.15) is 5.75 Å². The molecule has 4 nitrogen and oxygen atoms in total. The standard InChI is InChI=1S/C14H19NO3/c1-9-6-12(4-5-13(9)16)14(17)15-7-10(2)18-11(3)8-15/h4-6,10-11,16H,7-8H2,1-3H3. The van der Waals surface area contributed by atoms with E-state index in [0.29, 0.717) is 18.7 Å². The lowest BCUT2D eigenvalue weighted by atomic mass is 10.1. The van der Waals surface area contributed by atoms with Crippen molar-refractivity contribution in [3.63, 3.8) is 0 Å². The molecule has 1 aromatic carbocycles. The fourth-order valence-corrected chi connectivity index (χ4v) is 2.31. The van der Waals surface area contributed by atoms with Crippen molar-refractivity contribution in [2.75, 3.05) is 13.1 Å². The molecule has 1 N–H and O–H groups in total. The first-order valence-corrected chi connectivity index (χ1v) is 6.21. The van der Waals surface area contributed by atoms with Crippen LogP contribution in [0.3, 0.4) is 0 Å². The molecule has 0 bridgehead atoms. The summed E-state index contributed by atoms with van der Waals surface area (Å²) >= 11 is 0. The number of phenolic OH excluding ortho intramolecular Hbond substituents is 1. The van der Waals surface area contributed by atoms with Crippen LogP contribution in [-0.2, 0) is 4.74 Å². The number of nitrogens with zero attached hydrogens (tertiary/aromatic N) is 1. The van der Waals surface area contributed by atoms with Crippen molar-refractivity contribution in [2.45, 2.75) is 33.0 Å². The number of aryl methyl sites for hydroxylation is 1. The van der Waals surface area contributed by atoms with Crippen LogP contribution in [-0.4, -0.2) is 41.2 Å². The first kappa shape index (κ1) is 12.9. The number of phenols is 1. The molecule has 4 heteroatoms. The lowest BCUT2D eigenvalue weighted by Gasteiger charge is -2.35. The van der Waals surface area contributed by atoms with Gasteiger partial charge in [0, 0.05) is 18.7 Å². The van der Waals surface area contributed by atoms with Gasteiger partial charge >= 0.3 is 0 Å². The number of amides is 1. The van der Waals surface area contributed by atoms with Gasteiger partial charge in [0.2, 0.25) is 0 Å². The maximum atomic E-state index is 12.3. The second-order valence-electron chi connectivity index (χ2n) is 4.97. The minimum atomic E-state index is 0.0000926. The Hall–Kier alpha value is -1.55. The van der Waals surface area contributed by atoms with E-state index < -0.39 is 0 Å². The molecule has 18 heavy (non-hydrogen) atoms. The molecular weight excluding hydrogens is 230 g/mol. The topological polar surface area (TPSA) is 49.8 Å². The Morgan fingerprint density at radius 2 is 1.94 bits per heavy atom. The molecule has 1 amide bonds. The van der Waals surface area contributed by atoms with Crippen molar-refractivity contribution in [3.8, 4) is 5.75 Å². The zero-order valence-electron chi connectivity index (χ0n) is 11.0. The quantitative estimate of drug-likeness (QED) is 0.827. The van der Waals surface area contributed by atoms with Crippen molar-refractivity contribution < 1.29 is 14.6 Å². The molecule has 1 aliphatic heterocycles. The fourth-order valence-electron chi connectivity index (χ4n) is 2.31. The van der Waals surface area contributed by atoms with Gasteiger partial charge < -0.3 is 14.7 Å². The Labute approximate surface area is 107 Å². The second-order valence-corrected chi connectivity index (χ2v) is 4.97. The number of benzene rings is 1. The summed E-state index contributed by atoms with van der Waals surface area (Å²) in [6.07, 6.45) is 0.131. The van der Waals surface area contributed by atoms with Gasteiger partial charge in [-0.3, -0.25) is 4.79 Å². The molecule has 0 radical (unpaired) electrons. The summed E-state index contributed by atoms with van der Waals surface area (Å²) in [5, 5.41) is 9.48. The van der Waals surface area contributed by atoms with Crippen LogP contribution in [0.1, 0.15) is 29.8 Å². The summed E-state index contributed by atoms with van der Waals surface area (Å²) in [5.74, 6) is 0.218. The van der Waals surface area contributed by atoms with Crippen LogP contribution < -0.4 is 0 Å². The average molecular weight is 249 g/mol. The Morgan fingerprint density at radius 1 is 1.33 bits per heavy atom. The predicted molar refractivity (Wildman–Crippen MR) is 68.8 cm³/mol. The zero-order chi connectivity index (χ0) is 13.3. The van der Waals surface area contributed by atoms with Crippen molar-refractivity contribution >= 4 is 5.91 Å². The summed E-state index contributed by atoms with van der Waals surface area (Å²) < 4.78 is 5.61. The summed E-state index contributed by atoms with van der Waals surface area (Å²) in [4.78, 5) is 14.2. The van der Waals surface area contributed by atoms with E-state index in [0.717, 1.165) is 5.56 Å². The number of hydrogen-bond acceptors (Lipinski definition) is 3. The van der Waals surface area contributed by atoms with E-state index in [1.165, 1.54) is 0 Å². The number of rotatable bonds is 1. The van der Waals surface area contributed by atoms with E-state index in [1.807, 2.05) is 18.7 Å². The summed E-state index contributed by atoms with van der Waals surface area (Å²) in [7, 11) is 0. The lowest BCUT2D eigenvalue weighted by molar-refractivity contribution is -0.0586. The van der Waals surface area contributed by atoms with Gasteiger partial charge in [-0.1, -0.05) is 0 Å². The smallest absolute Gasteiger partial charge is 0.254 e. The highest BCUT2D eigenvalue weighted by atomic mass is 16.5. The molecule has 0 saturated carbocycles. The number of carbonyl (C=O) groups excluding carboxylic acids is 1. The number of aromatic hydroxyl groups is 1. The largest absolute Gasteiger partial charge is 0.508 e. The monoisotopic (exact) mass is 249 g/mol. The van der Waals surface area contributed by atoms with Gasteiger partial charge in [-0.25, -0.2) is 0 Å². The molecule has 1 fully saturated rings. The number of morpholine rings is 1. The SMILES string of the molecule is Cc1cc(C(=O)N2CC(C)OC(C)C2)ccc1O. The molecule has 1 saturated heterocycles. The van der Waals surface area contributed by atoms with Crippen LogP contribution in [0.4, 0.5) is 0 Å². The third-order valence-corrected chi connectivity index (χ3v) is 3.15. The minimum absolute atomic E-state index is 0.0000926. The zero-order valence-corrected chi connectivity index (χ0v) is 11.0. The first-order chi connectivity index (χ1) is 8.47. The molecule has 0 aromatic heterocycles. The highest BCUT2D eigenvalue weighted by molar-refractivity contribution is 5.94. The Kier molecular flexibility index (Phi) is 3.57. The van der Waals surface area contributed by atoms with Gasteiger partial charge in [-0.15, -0.1) is 0 Å². The molecule has 1 aliphatic rings. The lowest BCUT2D eigenvalue weighted by Crippen LogP contribution is -2.48. The molecule has 0 spiro atoms. The van der Waals surface area contributed by atoms with Gasteiger partial charge in [0.05, 0.1) is 12.2 Å². The molecule has 2 rings (SSSR count). The van der Waals surface area contributed by atoms with Crippen LogP contribution in [0.25, 0.3) is 0 Å².